The summed E-state index contributed by atoms with van der Waals surface area (Å²) in [6.45, 7) is 0. The monoisotopic (exact) mass is 367 g/mol. The molecule has 0 saturated heterocycles. The number of thiophene rings is 1. The maximum Gasteiger partial charge on any atom is 0.337 e. The van der Waals surface area contributed by atoms with E-state index in [-0.39, 0.29) is 5.91 Å². The zero-order valence-electron chi connectivity index (χ0n) is 14.1. The summed E-state index contributed by atoms with van der Waals surface area (Å²) >= 11 is 1.55. The van der Waals surface area contributed by atoms with Gasteiger partial charge in [-0.3, -0.25) is 4.79 Å². The number of nitrogens with one attached hydrogen (secondary N) is 2. The third kappa shape index (κ3) is 4.67. The minimum atomic E-state index is -0.398. The molecule has 3 aromatic rings. The van der Waals surface area contributed by atoms with Crippen molar-refractivity contribution < 1.29 is 14.3 Å². The van der Waals surface area contributed by atoms with Gasteiger partial charge in [0.05, 0.1) is 31.0 Å². The molecule has 0 unspecified atom stereocenters. The summed E-state index contributed by atoms with van der Waals surface area (Å²) in [4.78, 5) is 28.9. The summed E-state index contributed by atoms with van der Waals surface area (Å²) in [6, 6.07) is 14.3. The van der Waals surface area contributed by atoms with Gasteiger partial charge in [-0.1, -0.05) is 12.1 Å². The van der Waals surface area contributed by atoms with Crippen molar-refractivity contribution in [2.24, 2.45) is 0 Å². The van der Waals surface area contributed by atoms with Gasteiger partial charge < -0.3 is 15.4 Å². The highest BCUT2D eigenvalue weighted by Gasteiger charge is 2.07. The molecule has 26 heavy (non-hydrogen) atoms. The van der Waals surface area contributed by atoms with Crippen LogP contribution in [0.3, 0.4) is 0 Å². The van der Waals surface area contributed by atoms with Crippen LogP contribution in [0.5, 0.6) is 0 Å². The number of amides is 1. The summed E-state index contributed by atoms with van der Waals surface area (Å²) in [7, 11) is 1.34. The molecule has 7 heteroatoms. The predicted octanol–water partition coefficient (Wildman–Crippen LogP) is 3.85. The Bertz CT molecular complexity index is 893. The number of ether oxygens (including phenoxy) is 1. The smallest absolute Gasteiger partial charge is 0.337 e. The summed E-state index contributed by atoms with van der Waals surface area (Å²) < 4.78 is 4.71. The molecule has 2 heterocycles. The zero-order valence-corrected chi connectivity index (χ0v) is 14.9. The molecular weight excluding hydrogens is 350 g/mol. The Morgan fingerprint density at radius 3 is 2.69 bits per heavy atom. The van der Waals surface area contributed by atoms with Gasteiger partial charge in [0.2, 0.25) is 5.91 Å². The molecule has 6 nitrogen and oxygen atoms in total. The number of carbonyl (C=O) groups excluding carboxylic acids is 2. The van der Waals surface area contributed by atoms with Gasteiger partial charge in [0.1, 0.15) is 5.82 Å². The molecule has 1 amide bonds. The minimum absolute atomic E-state index is 0.0826. The number of carbonyl (C=O) groups is 2. The van der Waals surface area contributed by atoms with Crippen LogP contribution in [0.4, 0.5) is 17.2 Å². The lowest BCUT2D eigenvalue weighted by Crippen LogP contribution is -2.13. The van der Waals surface area contributed by atoms with Crippen molar-refractivity contribution in [2.45, 2.75) is 6.42 Å². The lowest BCUT2D eigenvalue weighted by Gasteiger charge is -2.08. The van der Waals surface area contributed by atoms with Crippen molar-refractivity contribution >= 4 is 40.4 Å². The molecule has 3 rings (SSSR count). The first-order valence-corrected chi connectivity index (χ1v) is 8.76. The standard InChI is InChI=1S/C19H17N3O3S/c1-25-19(24)13-4-2-5-14(10-13)21-17-8-7-15(12-20-17)22-18(23)11-16-6-3-9-26-16/h2-10,12H,11H2,1H3,(H,20,21)(H,22,23). The molecule has 2 aromatic heterocycles. The molecular formula is C19H17N3O3S. The maximum atomic E-state index is 12.0. The van der Waals surface area contributed by atoms with Crippen LogP contribution < -0.4 is 10.6 Å². The largest absolute Gasteiger partial charge is 0.465 e. The normalized spacial score (nSPS) is 10.2. The molecule has 0 spiro atoms. The van der Waals surface area contributed by atoms with Gasteiger partial charge in [-0.2, -0.15) is 0 Å². The predicted molar refractivity (Wildman–Crippen MR) is 102 cm³/mol. The fraction of sp³-hybridized carbons (Fsp3) is 0.105. The SMILES string of the molecule is COC(=O)c1cccc(Nc2ccc(NC(=O)Cc3cccs3)cn2)c1. The fourth-order valence-corrected chi connectivity index (χ4v) is 3.01. The van der Waals surface area contributed by atoms with Crippen LogP contribution in [0, 0.1) is 0 Å². The number of hydrogen-bond acceptors (Lipinski definition) is 6. The highest BCUT2D eigenvalue weighted by molar-refractivity contribution is 7.10. The Hall–Kier alpha value is -3.19. The first kappa shape index (κ1) is 17.6. The van der Waals surface area contributed by atoms with E-state index >= 15 is 0 Å². The summed E-state index contributed by atoms with van der Waals surface area (Å²) in [5.74, 6) is 0.120. The van der Waals surface area contributed by atoms with Gasteiger partial charge in [-0.25, -0.2) is 9.78 Å². The van der Waals surface area contributed by atoms with Gasteiger partial charge in [-0.05, 0) is 41.8 Å². The Balaban J connectivity index is 1.61. The minimum Gasteiger partial charge on any atom is -0.465 e. The number of aromatic nitrogens is 1. The number of pyridine rings is 1. The second-order valence-electron chi connectivity index (χ2n) is 5.43. The number of esters is 1. The van der Waals surface area contributed by atoms with Crippen LogP contribution in [-0.4, -0.2) is 24.0 Å². The van der Waals surface area contributed by atoms with E-state index in [1.165, 1.54) is 7.11 Å². The van der Waals surface area contributed by atoms with E-state index in [0.29, 0.717) is 23.5 Å². The van der Waals surface area contributed by atoms with Crippen LogP contribution in [-0.2, 0) is 16.0 Å². The molecule has 0 aliphatic carbocycles. The second kappa shape index (κ2) is 8.26. The number of nitrogens with zero attached hydrogens (tertiary/aromatic N) is 1. The van der Waals surface area contributed by atoms with E-state index in [2.05, 4.69) is 15.6 Å². The summed E-state index contributed by atoms with van der Waals surface area (Å²) in [6.07, 6.45) is 1.93. The van der Waals surface area contributed by atoms with Crippen LogP contribution >= 0.6 is 11.3 Å². The quantitative estimate of drug-likeness (QED) is 0.647. The average molecular weight is 367 g/mol. The number of anilines is 3. The third-order valence-corrected chi connectivity index (χ3v) is 4.39. The highest BCUT2D eigenvalue weighted by atomic mass is 32.1. The van der Waals surface area contributed by atoms with E-state index in [0.717, 1.165) is 10.6 Å². The van der Waals surface area contributed by atoms with E-state index in [1.54, 1.807) is 47.9 Å². The molecule has 0 bridgehead atoms. The van der Waals surface area contributed by atoms with Crippen LogP contribution in [0.15, 0.2) is 60.1 Å². The van der Waals surface area contributed by atoms with Crippen molar-refractivity contribution in [1.29, 1.82) is 0 Å². The highest BCUT2D eigenvalue weighted by Crippen LogP contribution is 2.18. The van der Waals surface area contributed by atoms with Gasteiger partial charge in [0, 0.05) is 10.6 Å². The number of hydrogen-bond donors (Lipinski definition) is 2. The van der Waals surface area contributed by atoms with Crippen molar-refractivity contribution in [3.05, 3.63) is 70.5 Å². The van der Waals surface area contributed by atoms with Crippen LogP contribution in [0.2, 0.25) is 0 Å². The zero-order chi connectivity index (χ0) is 18.4. The van der Waals surface area contributed by atoms with E-state index < -0.39 is 5.97 Å². The number of benzene rings is 1. The molecule has 0 aliphatic heterocycles. The fourth-order valence-electron chi connectivity index (χ4n) is 2.31. The number of methoxy groups -OCH3 is 1. The average Bonchev–Trinajstić information content (AvgIpc) is 3.16. The maximum absolute atomic E-state index is 12.0. The second-order valence-corrected chi connectivity index (χ2v) is 6.47. The van der Waals surface area contributed by atoms with Gasteiger partial charge in [0.25, 0.3) is 0 Å². The Morgan fingerprint density at radius 2 is 2.00 bits per heavy atom. The van der Waals surface area contributed by atoms with Gasteiger partial charge in [-0.15, -0.1) is 11.3 Å². The summed E-state index contributed by atoms with van der Waals surface area (Å²) in [5, 5.41) is 7.87. The number of rotatable bonds is 6. The van der Waals surface area contributed by atoms with Gasteiger partial charge in [0.15, 0.2) is 0 Å². The lowest BCUT2D eigenvalue weighted by molar-refractivity contribution is -0.115. The van der Waals surface area contributed by atoms with E-state index in [1.807, 2.05) is 23.6 Å². The molecule has 0 saturated carbocycles. The van der Waals surface area contributed by atoms with E-state index in [9.17, 15) is 9.59 Å². The molecule has 0 fully saturated rings. The third-order valence-electron chi connectivity index (χ3n) is 3.52. The molecule has 0 radical (unpaired) electrons. The molecule has 0 atom stereocenters. The Labute approximate surface area is 154 Å². The Kier molecular flexibility index (Phi) is 5.60. The Morgan fingerprint density at radius 1 is 1.12 bits per heavy atom. The summed E-state index contributed by atoms with van der Waals surface area (Å²) in [5.41, 5.74) is 1.80. The first-order chi connectivity index (χ1) is 12.6. The van der Waals surface area contributed by atoms with E-state index in [4.69, 9.17) is 4.74 Å². The van der Waals surface area contributed by atoms with Gasteiger partial charge >= 0.3 is 5.97 Å². The van der Waals surface area contributed by atoms with Crippen molar-refractivity contribution in [2.75, 3.05) is 17.7 Å². The molecule has 0 aliphatic rings. The van der Waals surface area contributed by atoms with Crippen molar-refractivity contribution in [1.82, 2.24) is 4.98 Å². The topological polar surface area (TPSA) is 80.3 Å². The first-order valence-electron chi connectivity index (χ1n) is 7.88. The molecule has 1 aromatic carbocycles. The molecule has 132 valence electrons. The lowest BCUT2D eigenvalue weighted by atomic mass is 10.2. The molecule has 2 N–H and O–H groups in total. The van der Waals surface area contributed by atoms with Crippen LogP contribution in [0.25, 0.3) is 0 Å². The van der Waals surface area contributed by atoms with Crippen molar-refractivity contribution in [3.63, 3.8) is 0 Å². The van der Waals surface area contributed by atoms with Crippen LogP contribution in [0.1, 0.15) is 15.2 Å². The van der Waals surface area contributed by atoms with Crippen molar-refractivity contribution in [3.8, 4) is 0 Å².